The van der Waals surface area contributed by atoms with Crippen LogP contribution in [0, 0.1) is 6.92 Å². The maximum absolute atomic E-state index is 12.3. The van der Waals surface area contributed by atoms with Crippen molar-refractivity contribution in [1.82, 2.24) is 24.9 Å². The van der Waals surface area contributed by atoms with E-state index in [1.54, 1.807) is 4.68 Å². The van der Waals surface area contributed by atoms with Crippen molar-refractivity contribution < 1.29 is 4.79 Å². The summed E-state index contributed by atoms with van der Waals surface area (Å²) in [6, 6.07) is 21.9. The van der Waals surface area contributed by atoms with Gasteiger partial charge in [-0.25, -0.2) is 4.68 Å². The van der Waals surface area contributed by atoms with Crippen LogP contribution in [0.15, 0.2) is 79.1 Å². The summed E-state index contributed by atoms with van der Waals surface area (Å²) in [6.07, 6.45) is 4.25. The van der Waals surface area contributed by atoms with E-state index in [-0.39, 0.29) is 5.91 Å². The molecule has 0 saturated carbocycles. The first kappa shape index (κ1) is 18.7. The van der Waals surface area contributed by atoms with Crippen molar-refractivity contribution in [1.29, 1.82) is 0 Å². The smallest absolute Gasteiger partial charge is 0.222 e. The van der Waals surface area contributed by atoms with Crippen molar-refractivity contribution in [2.24, 2.45) is 0 Å². The van der Waals surface area contributed by atoms with Gasteiger partial charge in [0.25, 0.3) is 0 Å². The Bertz CT molecular complexity index is 1080. The fourth-order valence-electron chi connectivity index (χ4n) is 3.18. The zero-order valence-corrected chi connectivity index (χ0v) is 16.3. The van der Waals surface area contributed by atoms with Gasteiger partial charge in [0, 0.05) is 43.0 Å². The quantitative estimate of drug-likeness (QED) is 0.527. The number of para-hydroxylation sites is 1. The van der Waals surface area contributed by atoms with Crippen LogP contribution in [-0.4, -0.2) is 25.5 Å². The van der Waals surface area contributed by atoms with Crippen LogP contribution in [0.4, 0.5) is 0 Å². The van der Waals surface area contributed by atoms with E-state index in [1.807, 2.05) is 90.7 Å². The second-order valence-electron chi connectivity index (χ2n) is 6.90. The highest BCUT2D eigenvalue weighted by molar-refractivity contribution is 5.76. The highest BCUT2D eigenvalue weighted by atomic mass is 16.1. The minimum atomic E-state index is -0.00961. The molecule has 4 aromatic rings. The Morgan fingerprint density at radius 3 is 2.38 bits per heavy atom. The molecule has 2 heterocycles. The molecule has 6 heteroatoms. The number of carbonyl (C=O) groups excluding carboxylic acids is 1. The first-order valence-electron chi connectivity index (χ1n) is 9.65. The van der Waals surface area contributed by atoms with Gasteiger partial charge in [0.15, 0.2) is 0 Å². The highest BCUT2D eigenvalue weighted by Gasteiger charge is 2.13. The molecule has 0 unspecified atom stereocenters. The van der Waals surface area contributed by atoms with Crippen LogP contribution in [-0.2, 0) is 17.9 Å². The van der Waals surface area contributed by atoms with Gasteiger partial charge in [-0.2, -0.15) is 10.2 Å². The SMILES string of the molecule is Cc1ccn(CCC(=O)NCc2cn(-c3ccccc3)nc2-c2ccccc2)n1. The Labute approximate surface area is 169 Å². The van der Waals surface area contributed by atoms with Crippen molar-refractivity contribution in [3.63, 3.8) is 0 Å². The molecule has 0 bridgehead atoms. The summed E-state index contributed by atoms with van der Waals surface area (Å²) in [5, 5.41) is 12.1. The number of hydrogen-bond donors (Lipinski definition) is 1. The molecule has 2 aromatic heterocycles. The standard InChI is InChI=1S/C23H23N5O/c1-18-12-14-27(25-18)15-13-22(29)24-16-20-17-28(21-10-6-3-7-11-21)26-23(20)19-8-4-2-5-9-19/h2-12,14,17H,13,15-16H2,1H3,(H,24,29). The third-order valence-corrected chi connectivity index (χ3v) is 4.68. The summed E-state index contributed by atoms with van der Waals surface area (Å²) in [7, 11) is 0. The van der Waals surface area contributed by atoms with Crippen molar-refractivity contribution >= 4 is 5.91 Å². The number of benzene rings is 2. The van der Waals surface area contributed by atoms with E-state index < -0.39 is 0 Å². The third kappa shape index (κ3) is 4.60. The Morgan fingerprint density at radius 2 is 1.69 bits per heavy atom. The average molecular weight is 385 g/mol. The Kier molecular flexibility index (Phi) is 5.52. The second kappa shape index (κ2) is 8.56. The van der Waals surface area contributed by atoms with Crippen LogP contribution < -0.4 is 5.32 Å². The van der Waals surface area contributed by atoms with Gasteiger partial charge in [-0.15, -0.1) is 0 Å². The first-order chi connectivity index (χ1) is 14.2. The van der Waals surface area contributed by atoms with E-state index in [4.69, 9.17) is 5.10 Å². The molecular formula is C23H23N5O. The Hall–Kier alpha value is -3.67. The molecule has 0 aliphatic carbocycles. The van der Waals surface area contributed by atoms with Gasteiger partial charge in [-0.3, -0.25) is 9.48 Å². The van der Waals surface area contributed by atoms with Crippen LogP contribution in [0.3, 0.4) is 0 Å². The number of nitrogens with one attached hydrogen (secondary N) is 1. The van der Waals surface area contributed by atoms with E-state index in [2.05, 4.69) is 10.4 Å². The van der Waals surface area contributed by atoms with Crippen LogP contribution in [0.5, 0.6) is 0 Å². The lowest BCUT2D eigenvalue weighted by atomic mass is 10.1. The highest BCUT2D eigenvalue weighted by Crippen LogP contribution is 2.23. The molecule has 0 aliphatic heterocycles. The molecular weight excluding hydrogens is 362 g/mol. The molecule has 6 nitrogen and oxygen atoms in total. The lowest BCUT2D eigenvalue weighted by molar-refractivity contribution is -0.121. The minimum absolute atomic E-state index is 0.00961. The molecule has 0 radical (unpaired) electrons. The van der Waals surface area contributed by atoms with Crippen molar-refractivity contribution in [3.8, 4) is 16.9 Å². The third-order valence-electron chi connectivity index (χ3n) is 4.68. The molecule has 2 aromatic carbocycles. The number of rotatable bonds is 7. The number of amides is 1. The van der Waals surface area contributed by atoms with Gasteiger partial charge in [-0.05, 0) is 25.1 Å². The Balaban J connectivity index is 1.49. The van der Waals surface area contributed by atoms with Gasteiger partial charge in [0.1, 0.15) is 0 Å². The van der Waals surface area contributed by atoms with E-state index >= 15 is 0 Å². The number of hydrogen-bond acceptors (Lipinski definition) is 3. The molecule has 0 atom stereocenters. The van der Waals surface area contributed by atoms with Crippen LogP contribution >= 0.6 is 0 Å². The van der Waals surface area contributed by atoms with Gasteiger partial charge in [0.2, 0.25) is 5.91 Å². The maximum Gasteiger partial charge on any atom is 0.222 e. The number of aryl methyl sites for hydroxylation is 2. The first-order valence-corrected chi connectivity index (χ1v) is 9.65. The zero-order chi connectivity index (χ0) is 20.1. The van der Waals surface area contributed by atoms with Crippen LogP contribution in [0.25, 0.3) is 16.9 Å². The molecule has 0 fully saturated rings. The lowest BCUT2D eigenvalue weighted by Crippen LogP contribution is -2.24. The largest absolute Gasteiger partial charge is 0.352 e. The van der Waals surface area contributed by atoms with Gasteiger partial charge in [-0.1, -0.05) is 48.5 Å². The Morgan fingerprint density at radius 1 is 0.966 bits per heavy atom. The number of carbonyl (C=O) groups is 1. The average Bonchev–Trinajstić information content (AvgIpc) is 3.38. The summed E-state index contributed by atoms with van der Waals surface area (Å²) in [5.41, 5.74) is 4.81. The second-order valence-corrected chi connectivity index (χ2v) is 6.90. The topological polar surface area (TPSA) is 64.7 Å². The number of aromatic nitrogens is 4. The molecule has 4 rings (SSSR count). The van der Waals surface area contributed by atoms with Crippen molar-refractivity contribution in [3.05, 3.63) is 90.4 Å². The van der Waals surface area contributed by atoms with Crippen molar-refractivity contribution in [2.75, 3.05) is 0 Å². The monoisotopic (exact) mass is 385 g/mol. The summed E-state index contributed by atoms with van der Waals surface area (Å²) in [6.45, 7) is 2.93. The van der Waals surface area contributed by atoms with E-state index in [0.29, 0.717) is 19.5 Å². The molecule has 0 aliphatic rings. The maximum atomic E-state index is 12.3. The summed E-state index contributed by atoms with van der Waals surface area (Å²) >= 11 is 0. The fraction of sp³-hybridized carbons (Fsp3) is 0.174. The molecule has 29 heavy (non-hydrogen) atoms. The van der Waals surface area contributed by atoms with E-state index in [9.17, 15) is 4.79 Å². The van der Waals surface area contributed by atoms with Gasteiger partial charge in [0.05, 0.1) is 17.1 Å². The lowest BCUT2D eigenvalue weighted by Gasteiger charge is -2.06. The number of nitrogens with zero attached hydrogens (tertiary/aromatic N) is 4. The van der Waals surface area contributed by atoms with E-state index in [1.165, 1.54) is 0 Å². The summed E-state index contributed by atoms with van der Waals surface area (Å²) in [5.74, 6) is -0.00961. The van der Waals surface area contributed by atoms with Crippen LogP contribution in [0.1, 0.15) is 17.7 Å². The summed E-state index contributed by atoms with van der Waals surface area (Å²) < 4.78 is 3.65. The van der Waals surface area contributed by atoms with Gasteiger partial charge < -0.3 is 5.32 Å². The molecule has 1 N–H and O–H groups in total. The minimum Gasteiger partial charge on any atom is -0.352 e. The predicted octanol–water partition coefficient (Wildman–Crippen LogP) is 3.75. The van der Waals surface area contributed by atoms with E-state index in [0.717, 1.165) is 28.2 Å². The zero-order valence-electron chi connectivity index (χ0n) is 16.3. The molecule has 0 saturated heterocycles. The molecule has 1 amide bonds. The summed E-state index contributed by atoms with van der Waals surface area (Å²) in [4.78, 5) is 12.3. The molecule has 146 valence electrons. The normalized spacial score (nSPS) is 10.8. The molecule has 0 spiro atoms. The van der Waals surface area contributed by atoms with Crippen LogP contribution in [0.2, 0.25) is 0 Å². The van der Waals surface area contributed by atoms with Crippen molar-refractivity contribution in [2.45, 2.75) is 26.4 Å². The van der Waals surface area contributed by atoms with Gasteiger partial charge >= 0.3 is 0 Å². The predicted molar refractivity (Wildman–Crippen MR) is 112 cm³/mol. The fourth-order valence-corrected chi connectivity index (χ4v) is 3.18.